The Morgan fingerprint density at radius 3 is 2.19 bits per heavy atom. The fraction of sp³-hybridized carbons (Fsp3) is 0.938. The van der Waals surface area contributed by atoms with Crippen molar-refractivity contribution in [1.82, 2.24) is 5.32 Å². The van der Waals surface area contributed by atoms with E-state index in [-0.39, 0.29) is 24.0 Å². The molecule has 0 bridgehead atoms. The van der Waals surface area contributed by atoms with E-state index in [1.807, 2.05) is 0 Å². The standard InChI is InChI=1S/C16H31N3O.HI/c17-16(19-14-8-4-3-5-9-14)18-12-13-20-15-10-6-1-2-7-11-15;/h14-15H,1-13H2,(H3,17,18,19);1H. The molecule has 0 spiro atoms. The van der Waals surface area contributed by atoms with Crippen LogP contribution in [0.4, 0.5) is 0 Å². The van der Waals surface area contributed by atoms with Crippen molar-refractivity contribution in [3.8, 4) is 0 Å². The number of guanidine groups is 1. The lowest BCUT2D eigenvalue weighted by Crippen LogP contribution is -2.41. The lowest BCUT2D eigenvalue weighted by atomic mass is 9.96. The second-order valence-corrected chi connectivity index (χ2v) is 6.23. The van der Waals surface area contributed by atoms with Gasteiger partial charge in [-0.25, -0.2) is 0 Å². The van der Waals surface area contributed by atoms with Crippen LogP contribution in [0.5, 0.6) is 0 Å². The zero-order chi connectivity index (χ0) is 14.0. The first kappa shape index (κ1) is 19.0. The van der Waals surface area contributed by atoms with Crippen molar-refractivity contribution in [3.05, 3.63) is 0 Å². The second kappa shape index (κ2) is 11.5. The molecule has 0 unspecified atom stereocenters. The van der Waals surface area contributed by atoms with Crippen LogP contribution in [0, 0.1) is 0 Å². The minimum Gasteiger partial charge on any atom is -0.376 e. The van der Waals surface area contributed by atoms with E-state index in [4.69, 9.17) is 10.5 Å². The van der Waals surface area contributed by atoms with E-state index in [0.29, 0.717) is 31.3 Å². The number of nitrogens with zero attached hydrogens (tertiary/aromatic N) is 1. The molecular weight excluding hydrogens is 377 g/mol. The normalized spacial score (nSPS) is 22.4. The summed E-state index contributed by atoms with van der Waals surface area (Å²) < 4.78 is 5.91. The maximum atomic E-state index is 5.93. The van der Waals surface area contributed by atoms with Gasteiger partial charge >= 0.3 is 0 Å². The molecule has 0 aromatic rings. The molecule has 0 amide bonds. The van der Waals surface area contributed by atoms with Gasteiger partial charge < -0.3 is 15.8 Å². The largest absolute Gasteiger partial charge is 0.376 e. The Morgan fingerprint density at radius 1 is 0.952 bits per heavy atom. The molecule has 2 aliphatic rings. The van der Waals surface area contributed by atoms with E-state index in [1.54, 1.807) is 0 Å². The number of nitrogens with one attached hydrogen (secondary N) is 1. The first-order valence-corrected chi connectivity index (χ1v) is 8.52. The smallest absolute Gasteiger partial charge is 0.188 e. The Bertz CT molecular complexity index is 285. The van der Waals surface area contributed by atoms with E-state index in [2.05, 4.69) is 10.3 Å². The van der Waals surface area contributed by atoms with Gasteiger partial charge in [0, 0.05) is 6.04 Å². The summed E-state index contributed by atoms with van der Waals surface area (Å²) in [6.45, 7) is 1.39. The van der Waals surface area contributed by atoms with Crippen molar-refractivity contribution in [1.29, 1.82) is 0 Å². The molecule has 0 aromatic carbocycles. The molecule has 0 radical (unpaired) electrons. The number of rotatable bonds is 5. The Balaban J connectivity index is 0.00000220. The molecule has 0 atom stereocenters. The summed E-state index contributed by atoms with van der Waals surface area (Å²) in [6.07, 6.45) is 14.7. The third kappa shape index (κ3) is 8.24. The summed E-state index contributed by atoms with van der Waals surface area (Å²) >= 11 is 0. The number of halogens is 1. The number of nitrogens with two attached hydrogens (primary N) is 1. The summed E-state index contributed by atoms with van der Waals surface area (Å²) in [7, 11) is 0. The average Bonchev–Trinajstić information content (AvgIpc) is 2.73. The fourth-order valence-electron chi connectivity index (χ4n) is 3.30. The third-order valence-corrected chi connectivity index (χ3v) is 4.49. The summed E-state index contributed by atoms with van der Waals surface area (Å²) in [5, 5.41) is 3.34. The molecule has 5 heteroatoms. The first-order valence-electron chi connectivity index (χ1n) is 8.52. The van der Waals surface area contributed by atoms with Gasteiger partial charge in [-0.05, 0) is 25.7 Å². The highest BCUT2D eigenvalue weighted by atomic mass is 127. The number of aliphatic imine (C=N–C) groups is 1. The highest BCUT2D eigenvalue weighted by Gasteiger charge is 2.14. The number of hydrogen-bond donors (Lipinski definition) is 2. The Kier molecular flexibility index (Phi) is 10.4. The van der Waals surface area contributed by atoms with Crippen LogP contribution in [0.15, 0.2) is 4.99 Å². The Morgan fingerprint density at radius 2 is 1.52 bits per heavy atom. The molecular formula is C16H32IN3O. The summed E-state index contributed by atoms with van der Waals surface area (Å²) in [6, 6.07) is 0.537. The van der Waals surface area contributed by atoms with Crippen LogP contribution in [0.2, 0.25) is 0 Å². The lowest BCUT2D eigenvalue weighted by Gasteiger charge is -2.23. The maximum absolute atomic E-state index is 5.93. The molecule has 3 N–H and O–H groups in total. The first-order chi connectivity index (χ1) is 9.84. The zero-order valence-corrected chi connectivity index (χ0v) is 15.5. The van der Waals surface area contributed by atoms with Crippen molar-refractivity contribution < 1.29 is 4.74 Å². The van der Waals surface area contributed by atoms with E-state index < -0.39 is 0 Å². The molecule has 0 aliphatic heterocycles. The predicted octanol–water partition coefficient (Wildman–Crippen LogP) is 3.58. The van der Waals surface area contributed by atoms with Crippen LogP contribution in [0.3, 0.4) is 0 Å². The van der Waals surface area contributed by atoms with Gasteiger partial charge in [0.1, 0.15) is 0 Å². The van der Waals surface area contributed by atoms with Crippen LogP contribution in [-0.2, 0) is 4.74 Å². The molecule has 2 aliphatic carbocycles. The van der Waals surface area contributed by atoms with Gasteiger partial charge in [-0.1, -0.05) is 44.9 Å². The van der Waals surface area contributed by atoms with Gasteiger partial charge in [0.2, 0.25) is 0 Å². The van der Waals surface area contributed by atoms with E-state index in [0.717, 1.165) is 0 Å². The monoisotopic (exact) mass is 409 g/mol. The highest BCUT2D eigenvalue weighted by Crippen LogP contribution is 2.19. The molecule has 2 fully saturated rings. The van der Waals surface area contributed by atoms with Crippen LogP contribution in [0.25, 0.3) is 0 Å². The molecule has 0 saturated heterocycles. The predicted molar refractivity (Wildman–Crippen MR) is 99.4 cm³/mol. The third-order valence-electron chi connectivity index (χ3n) is 4.49. The summed E-state index contributed by atoms with van der Waals surface area (Å²) in [5.74, 6) is 0.598. The van der Waals surface area contributed by atoms with Crippen molar-refractivity contribution in [2.75, 3.05) is 13.2 Å². The molecule has 2 rings (SSSR count). The molecule has 124 valence electrons. The Hall–Kier alpha value is -0.0400. The maximum Gasteiger partial charge on any atom is 0.188 e. The second-order valence-electron chi connectivity index (χ2n) is 6.23. The van der Waals surface area contributed by atoms with Crippen LogP contribution in [0.1, 0.15) is 70.6 Å². The molecule has 21 heavy (non-hydrogen) atoms. The van der Waals surface area contributed by atoms with Gasteiger partial charge in [0.05, 0.1) is 19.3 Å². The van der Waals surface area contributed by atoms with Gasteiger partial charge in [-0.3, -0.25) is 4.99 Å². The molecule has 0 aromatic heterocycles. The molecule has 2 saturated carbocycles. The average molecular weight is 409 g/mol. The van der Waals surface area contributed by atoms with Crippen molar-refractivity contribution in [3.63, 3.8) is 0 Å². The highest BCUT2D eigenvalue weighted by molar-refractivity contribution is 14.0. The number of hydrogen-bond acceptors (Lipinski definition) is 2. The number of ether oxygens (including phenoxy) is 1. The summed E-state index contributed by atoms with van der Waals surface area (Å²) in [4.78, 5) is 4.38. The van der Waals surface area contributed by atoms with E-state index in [9.17, 15) is 0 Å². The van der Waals surface area contributed by atoms with Gasteiger partial charge in [-0.15, -0.1) is 24.0 Å². The van der Waals surface area contributed by atoms with Crippen molar-refractivity contribution in [2.24, 2.45) is 10.7 Å². The van der Waals surface area contributed by atoms with Crippen molar-refractivity contribution in [2.45, 2.75) is 82.8 Å². The van der Waals surface area contributed by atoms with Crippen LogP contribution in [-0.4, -0.2) is 31.3 Å². The molecule has 0 heterocycles. The van der Waals surface area contributed by atoms with Crippen LogP contribution >= 0.6 is 24.0 Å². The van der Waals surface area contributed by atoms with Crippen LogP contribution < -0.4 is 11.1 Å². The lowest BCUT2D eigenvalue weighted by molar-refractivity contribution is 0.0487. The quantitative estimate of drug-likeness (QED) is 0.240. The van der Waals surface area contributed by atoms with E-state index in [1.165, 1.54) is 70.6 Å². The van der Waals surface area contributed by atoms with Gasteiger partial charge in [0.25, 0.3) is 0 Å². The zero-order valence-electron chi connectivity index (χ0n) is 13.2. The SMILES string of the molecule is I.NC(=NCCOC1CCCCCC1)NC1CCCCC1. The van der Waals surface area contributed by atoms with Gasteiger partial charge in [0.15, 0.2) is 5.96 Å². The minimum absolute atomic E-state index is 0. The fourth-order valence-corrected chi connectivity index (χ4v) is 3.30. The Labute approximate surface area is 146 Å². The van der Waals surface area contributed by atoms with E-state index >= 15 is 0 Å². The van der Waals surface area contributed by atoms with Gasteiger partial charge in [-0.2, -0.15) is 0 Å². The topological polar surface area (TPSA) is 59.6 Å². The molecule has 4 nitrogen and oxygen atoms in total. The van der Waals surface area contributed by atoms with Crippen molar-refractivity contribution >= 4 is 29.9 Å². The minimum atomic E-state index is 0. The summed E-state index contributed by atoms with van der Waals surface area (Å²) in [5.41, 5.74) is 5.93.